The average molecular weight is 315 g/mol. The molecule has 0 aliphatic carbocycles. The number of anilines is 1. The molecule has 4 rings (SSSR count). The fraction of sp³-hybridized carbons (Fsp3) is 0.100. The third-order valence-electron chi connectivity index (χ3n) is 4.24. The Morgan fingerprint density at radius 1 is 0.917 bits per heavy atom. The van der Waals surface area contributed by atoms with E-state index >= 15 is 0 Å². The van der Waals surface area contributed by atoms with Crippen LogP contribution in [0.1, 0.15) is 27.7 Å². The second-order valence-electron chi connectivity index (χ2n) is 5.79. The largest absolute Gasteiger partial charge is 0.361 e. The summed E-state index contributed by atoms with van der Waals surface area (Å²) in [7, 11) is 0. The van der Waals surface area contributed by atoms with Crippen LogP contribution in [0.15, 0.2) is 79.1 Å². The molecule has 1 aliphatic rings. The SMILES string of the molecule is O=C1c2ccccc2N[C@@H](c2ccncc2)N1Cc1ccccc1. The van der Waals surface area contributed by atoms with Gasteiger partial charge in [-0.3, -0.25) is 9.78 Å². The van der Waals surface area contributed by atoms with Crippen LogP contribution in [-0.2, 0) is 6.54 Å². The van der Waals surface area contributed by atoms with Gasteiger partial charge in [0.05, 0.1) is 5.56 Å². The minimum absolute atomic E-state index is 0.0371. The Labute approximate surface area is 140 Å². The molecule has 0 saturated heterocycles. The van der Waals surface area contributed by atoms with Crippen molar-refractivity contribution >= 4 is 11.6 Å². The molecule has 1 aliphatic heterocycles. The molecule has 2 aromatic carbocycles. The normalized spacial score (nSPS) is 16.4. The van der Waals surface area contributed by atoms with Gasteiger partial charge in [-0.25, -0.2) is 0 Å². The van der Waals surface area contributed by atoms with Crippen molar-refractivity contribution in [3.8, 4) is 0 Å². The first-order chi connectivity index (χ1) is 11.8. The van der Waals surface area contributed by atoms with Crippen molar-refractivity contribution in [2.45, 2.75) is 12.7 Å². The monoisotopic (exact) mass is 315 g/mol. The van der Waals surface area contributed by atoms with E-state index in [1.165, 1.54) is 0 Å². The molecule has 1 atom stereocenters. The number of rotatable bonds is 3. The first kappa shape index (κ1) is 14.5. The van der Waals surface area contributed by atoms with Crippen molar-refractivity contribution in [3.05, 3.63) is 95.8 Å². The second-order valence-corrected chi connectivity index (χ2v) is 5.79. The zero-order valence-electron chi connectivity index (χ0n) is 13.1. The van der Waals surface area contributed by atoms with Crippen LogP contribution in [0.2, 0.25) is 0 Å². The van der Waals surface area contributed by atoms with E-state index in [-0.39, 0.29) is 12.1 Å². The Balaban J connectivity index is 1.76. The number of hydrogen-bond donors (Lipinski definition) is 1. The molecule has 4 nitrogen and oxygen atoms in total. The lowest BCUT2D eigenvalue weighted by Gasteiger charge is -2.38. The van der Waals surface area contributed by atoms with Gasteiger partial charge in [-0.1, -0.05) is 42.5 Å². The summed E-state index contributed by atoms with van der Waals surface area (Å²) >= 11 is 0. The molecule has 1 amide bonds. The molecule has 3 aromatic rings. The lowest BCUT2D eigenvalue weighted by atomic mass is 10.0. The number of pyridine rings is 1. The summed E-state index contributed by atoms with van der Waals surface area (Å²) in [5.74, 6) is 0.0371. The highest BCUT2D eigenvalue weighted by Crippen LogP contribution is 2.33. The Morgan fingerprint density at radius 2 is 1.62 bits per heavy atom. The summed E-state index contributed by atoms with van der Waals surface area (Å²) in [6.07, 6.45) is 3.29. The number of aromatic nitrogens is 1. The molecule has 0 saturated carbocycles. The zero-order chi connectivity index (χ0) is 16.4. The molecule has 0 fully saturated rings. The van der Waals surface area contributed by atoms with Crippen molar-refractivity contribution < 1.29 is 4.79 Å². The van der Waals surface area contributed by atoms with Crippen LogP contribution in [-0.4, -0.2) is 15.8 Å². The lowest BCUT2D eigenvalue weighted by molar-refractivity contribution is 0.0666. The second kappa shape index (κ2) is 6.16. The third-order valence-corrected chi connectivity index (χ3v) is 4.24. The maximum atomic E-state index is 13.1. The van der Waals surface area contributed by atoms with Crippen LogP contribution in [0, 0.1) is 0 Å². The summed E-state index contributed by atoms with van der Waals surface area (Å²) in [5.41, 5.74) is 3.70. The Kier molecular flexibility index (Phi) is 3.71. The predicted octanol–water partition coefficient (Wildman–Crippen LogP) is 3.85. The van der Waals surface area contributed by atoms with Crippen LogP contribution in [0.5, 0.6) is 0 Å². The van der Waals surface area contributed by atoms with Crippen LogP contribution < -0.4 is 5.32 Å². The molecule has 1 N–H and O–H groups in total. The van der Waals surface area contributed by atoms with Gasteiger partial charge < -0.3 is 10.2 Å². The van der Waals surface area contributed by atoms with Crippen molar-refractivity contribution in [1.82, 2.24) is 9.88 Å². The summed E-state index contributed by atoms with van der Waals surface area (Å²) in [4.78, 5) is 19.0. The number of para-hydroxylation sites is 1. The number of carbonyl (C=O) groups is 1. The van der Waals surface area contributed by atoms with Gasteiger partial charge in [0.1, 0.15) is 6.17 Å². The molecule has 1 aromatic heterocycles. The number of nitrogens with zero attached hydrogens (tertiary/aromatic N) is 2. The summed E-state index contributed by atoms with van der Waals surface area (Å²) in [6, 6.07) is 21.6. The molecule has 4 heteroatoms. The lowest BCUT2D eigenvalue weighted by Crippen LogP contribution is -2.42. The summed E-state index contributed by atoms with van der Waals surface area (Å²) in [6.45, 7) is 0.550. The van der Waals surface area contributed by atoms with Gasteiger partial charge in [0, 0.05) is 24.6 Å². The highest BCUT2D eigenvalue weighted by atomic mass is 16.2. The van der Waals surface area contributed by atoms with Crippen molar-refractivity contribution in [3.63, 3.8) is 0 Å². The van der Waals surface area contributed by atoms with E-state index in [2.05, 4.69) is 10.3 Å². The first-order valence-electron chi connectivity index (χ1n) is 7.93. The van der Waals surface area contributed by atoms with Crippen LogP contribution in [0.3, 0.4) is 0 Å². The van der Waals surface area contributed by atoms with Gasteiger partial charge >= 0.3 is 0 Å². The smallest absolute Gasteiger partial charge is 0.258 e. The molecular formula is C20H17N3O. The molecule has 118 valence electrons. The van der Waals surface area contributed by atoms with E-state index in [0.29, 0.717) is 12.1 Å². The fourth-order valence-electron chi connectivity index (χ4n) is 3.04. The Morgan fingerprint density at radius 3 is 2.42 bits per heavy atom. The number of nitrogens with one attached hydrogen (secondary N) is 1. The fourth-order valence-corrected chi connectivity index (χ4v) is 3.04. The minimum Gasteiger partial charge on any atom is -0.361 e. The average Bonchev–Trinajstić information content (AvgIpc) is 2.65. The van der Waals surface area contributed by atoms with Crippen LogP contribution in [0.25, 0.3) is 0 Å². The van der Waals surface area contributed by atoms with Crippen LogP contribution in [0.4, 0.5) is 5.69 Å². The van der Waals surface area contributed by atoms with Crippen LogP contribution >= 0.6 is 0 Å². The summed E-state index contributed by atoms with van der Waals surface area (Å²) in [5, 5.41) is 3.49. The van der Waals surface area contributed by atoms with Gasteiger partial charge in [-0.2, -0.15) is 0 Å². The van der Waals surface area contributed by atoms with E-state index in [0.717, 1.165) is 16.8 Å². The van der Waals surface area contributed by atoms with Gasteiger partial charge in [0.25, 0.3) is 5.91 Å². The van der Waals surface area contributed by atoms with E-state index in [1.54, 1.807) is 12.4 Å². The molecule has 0 unspecified atom stereocenters. The number of benzene rings is 2. The van der Waals surface area contributed by atoms with E-state index in [4.69, 9.17) is 0 Å². The number of amides is 1. The number of fused-ring (bicyclic) bond motifs is 1. The highest BCUT2D eigenvalue weighted by Gasteiger charge is 2.32. The topological polar surface area (TPSA) is 45.2 Å². The van der Waals surface area contributed by atoms with Gasteiger partial charge in [-0.05, 0) is 35.4 Å². The minimum atomic E-state index is -0.212. The van der Waals surface area contributed by atoms with Gasteiger partial charge in [-0.15, -0.1) is 0 Å². The van der Waals surface area contributed by atoms with Gasteiger partial charge in [0.15, 0.2) is 0 Å². The predicted molar refractivity (Wildman–Crippen MR) is 93.4 cm³/mol. The standard InChI is InChI=1S/C20H17N3O/c24-20-17-8-4-5-9-18(17)22-19(16-10-12-21-13-11-16)23(20)14-15-6-2-1-3-7-15/h1-13,19,22H,14H2/t19-/m1/s1. The summed E-state index contributed by atoms with van der Waals surface area (Å²) < 4.78 is 0. The van der Waals surface area contributed by atoms with Crippen molar-refractivity contribution in [2.24, 2.45) is 0 Å². The quantitative estimate of drug-likeness (QED) is 0.798. The number of hydrogen-bond acceptors (Lipinski definition) is 3. The molecule has 0 spiro atoms. The van der Waals surface area contributed by atoms with E-state index < -0.39 is 0 Å². The zero-order valence-corrected chi connectivity index (χ0v) is 13.1. The van der Waals surface area contributed by atoms with E-state index in [9.17, 15) is 4.79 Å². The molecule has 24 heavy (non-hydrogen) atoms. The van der Waals surface area contributed by atoms with Gasteiger partial charge in [0.2, 0.25) is 0 Å². The maximum absolute atomic E-state index is 13.1. The molecule has 2 heterocycles. The highest BCUT2D eigenvalue weighted by molar-refractivity contribution is 6.01. The first-order valence-corrected chi connectivity index (χ1v) is 7.93. The van der Waals surface area contributed by atoms with Crippen molar-refractivity contribution in [1.29, 1.82) is 0 Å². The molecule has 0 bridgehead atoms. The maximum Gasteiger partial charge on any atom is 0.258 e. The molecule has 0 radical (unpaired) electrons. The molecular weight excluding hydrogens is 298 g/mol. The number of carbonyl (C=O) groups excluding carboxylic acids is 1. The Bertz CT molecular complexity index is 849. The third kappa shape index (κ3) is 2.63. The van der Waals surface area contributed by atoms with Crippen molar-refractivity contribution in [2.75, 3.05) is 5.32 Å². The Hall–Kier alpha value is -3.14. The van der Waals surface area contributed by atoms with E-state index in [1.807, 2.05) is 71.6 Å².